The van der Waals surface area contributed by atoms with Gasteiger partial charge in [0, 0.05) is 30.7 Å². The number of hydrogen-bond acceptors (Lipinski definition) is 5. The lowest BCUT2D eigenvalue weighted by Crippen LogP contribution is -2.08. The molecule has 0 aliphatic carbocycles. The Morgan fingerprint density at radius 2 is 1.59 bits per heavy atom. The molecule has 0 fully saturated rings. The maximum absolute atomic E-state index is 4.40. The van der Waals surface area contributed by atoms with Gasteiger partial charge in [-0.25, -0.2) is 0 Å². The Morgan fingerprint density at radius 1 is 0.955 bits per heavy atom. The van der Waals surface area contributed by atoms with E-state index in [0.29, 0.717) is 0 Å². The van der Waals surface area contributed by atoms with Gasteiger partial charge in [-0.3, -0.25) is 4.98 Å². The number of pyridine rings is 1. The average Bonchev–Trinajstić information content (AvgIpc) is 2.96. The monoisotopic (exact) mass is 310 g/mol. The molecule has 0 N–H and O–H groups in total. The topological polar surface area (TPSA) is 41.9 Å². The first-order valence-corrected chi connectivity index (χ1v) is 7.93. The molecular formula is C17H18N4S. The molecule has 0 aliphatic rings. The molecule has 0 bridgehead atoms. The quantitative estimate of drug-likeness (QED) is 0.723. The van der Waals surface area contributed by atoms with Crippen LogP contribution in [0.2, 0.25) is 0 Å². The van der Waals surface area contributed by atoms with Crippen molar-refractivity contribution in [1.82, 2.24) is 15.2 Å². The molecule has 1 aromatic carbocycles. The van der Waals surface area contributed by atoms with Crippen LogP contribution in [-0.2, 0) is 0 Å². The molecule has 112 valence electrons. The van der Waals surface area contributed by atoms with Crippen molar-refractivity contribution in [3.63, 3.8) is 0 Å². The zero-order chi connectivity index (χ0) is 15.7. The number of benzene rings is 1. The maximum Gasteiger partial charge on any atom is 0.212 e. The van der Waals surface area contributed by atoms with E-state index in [9.17, 15) is 0 Å². The molecule has 22 heavy (non-hydrogen) atoms. The summed E-state index contributed by atoms with van der Waals surface area (Å²) in [5, 5.41) is 10.6. The summed E-state index contributed by atoms with van der Waals surface area (Å²) < 4.78 is 0. The second-order valence-corrected chi connectivity index (χ2v) is 6.38. The first kappa shape index (κ1) is 14.7. The summed E-state index contributed by atoms with van der Waals surface area (Å²) in [5.41, 5.74) is 6.00. The largest absolute Gasteiger partial charge is 0.319 e. The van der Waals surface area contributed by atoms with Gasteiger partial charge in [-0.1, -0.05) is 29.0 Å². The van der Waals surface area contributed by atoms with Crippen molar-refractivity contribution in [2.24, 2.45) is 0 Å². The van der Waals surface area contributed by atoms with Crippen molar-refractivity contribution in [3.05, 3.63) is 53.3 Å². The van der Waals surface area contributed by atoms with Gasteiger partial charge in [-0.05, 0) is 44.0 Å². The predicted molar refractivity (Wildman–Crippen MR) is 91.9 cm³/mol. The van der Waals surface area contributed by atoms with E-state index in [-0.39, 0.29) is 0 Å². The molecule has 0 atom stereocenters. The molecule has 3 rings (SSSR count). The Bertz CT molecular complexity index is 772. The van der Waals surface area contributed by atoms with Gasteiger partial charge in [-0.15, -0.1) is 10.2 Å². The van der Waals surface area contributed by atoms with E-state index in [0.717, 1.165) is 15.8 Å². The number of anilines is 2. The van der Waals surface area contributed by atoms with Crippen LogP contribution < -0.4 is 4.90 Å². The maximum atomic E-state index is 4.40. The highest BCUT2D eigenvalue weighted by Gasteiger charge is 2.15. The van der Waals surface area contributed by atoms with Gasteiger partial charge in [0.15, 0.2) is 0 Å². The molecule has 0 amide bonds. The van der Waals surface area contributed by atoms with Gasteiger partial charge in [0.1, 0.15) is 5.01 Å². The lowest BCUT2D eigenvalue weighted by atomic mass is 10.0. The van der Waals surface area contributed by atoms with Crippen LogP contribution >= 0.6 is 11.3 Å². The van der Waals surface area contributed by atoms with Gasteiger partial charge in [-0.2, -0.15) is 0 Å². The van der Waals surface area contributed by atoms with Crippen LogP contribution in [0.3, 0.4) is 0 Å². The first-order chi connectivity index (χ1) is 10.6. The van der Waals surface area contributed by atoms with E-state index in [1.807, 2.05) is 24.1 Å². The van der Waals surface area contributed by atoms with Crippen LogP contribution in [0.5, 0.6) is 0 Å². The molecule has 0 unspecified atom stereocenters. The van der Waals surface area contributed by atoms with Crippen LogP contribution in [0.1, 0.15) is 16.7 Å². The minimum atomic E-state index is 0.876. The molecule has 4 nitrogen and oxygen atoms in total. The van der Waals surface area contributed by atoms with E-state index in [1.165, 1.54) is 22.3 Å². The SMILES string of the molecule is Cc1cc(C)c(-c2nnc(N(C)c3ccncc3)s2)c(C)c1. The Labute approximate surface area is 134 Å². The highest BCUT2D eigenvalue weighted by atomic mass is 32.1. The van der Waals surface area contributed by atoms with Crippen LogP contribution in [-0.4, -0.2) is 22.2 Å². The normalized spacial score (nSPS) is 10.7. The van der Waals surface area contributed by atoms with Crippen molar-refractivity contribution in [3.8, 4) is 10.6 Å². The minimum absolute atomic E-state index is 0.876. The van der Waals surface area contributed by atoms with Crippen LogP contribution in [0.4, 0.5) is 10.8 Å². The Hall–Kier alpha value is -2.27. The Balaban J connectivity index is 1.98. The van der Waals surface area contributed by atoms with Crippen LogP contribution in [0.15, 0.2) is 36.7 Å². The summed E-state index contributed by atoms with van der Waals surface area (Å²) in [5.74, 6) is 0. The third-order valence-electron chi connectivity index (χ3n) is 3.64. The van der Waals surface area contributed by atoms with E-state index in [1.54, 1.807) is 23.7 Å². The zero-order valence-electron chi connectivity index (χ0n) is 13.2. The van der Waals surface area contributed by atoms with Gasteiger partial charge >= 0.3 is 0 Å². The molecule has 0 radical (unpaired) electrons. The summed E-state index contributed by atoms with van der Waals surface area (Å²) in [6.07, 6.45) is 3.56. The third-order valence-corrected chi connectivity index (χ3v) is 4.66. The molecule has 0 spiro atoms. The first-order valence-electron chi connectivity index (χ1n) is 7.12. The number of hydrogen-bond donors (Lipinski definition) is 0. The zero-order valence-corrected chi connectivity index (χ0v) is 14.0. The molecule has 2 heterocycles. The van der Waals surface area contributed by atoms with Gasteiger partial charge in [0.25, 0.3) is 0 Å². The molecular weight excluding hydrogens is 292 g/mol. The third kappa shape index (κ3) is 2.72. The van der Waals surface area contributed by atoms with E-state index in [4.69, 9.17) is 0 Å². The summed E-state index contributed by atoms with van der Waals surface area (Å²) in [6, 6.07) is 8.30. The van der Waals surface area contributed by atoms with Crippen molar-refractivity contribution < 1.29 is 0 Å². The fourth-order valence-corrected chi connectivity index (χ4v) is 3.65. The highest BCUT2D eigenvalue weighted by Crippen LogP contribution is 2.35. The molecule has 3 aromatic rings. The average molecular weight is 310 g/mol. The fraction of sp³-hybridized carbons (Fsp3) is 0.235. The molecule has 0 saturated heterocycles. The summed E-state index contributed by atoms with van der Waals surface area (Å²) >= 11 is 1.61. The van der Waals surface area contributed by atoms with Crippen molar-refractivity contribution in [2.45, 2.75) is 20.8 Å². The summed E-state index contributed by atoms with van der Waals surface area (Å²) in [4.78, 5) is 6.08. The smallest absolute Gasteiger partial charge is 0.212 e. The van der Waals surface area contributed by atoms with E-state index in [2.05, 4.69) is 48.1 Å². The lowest BCUT2D eigenvalue weighted by molar-refractivity contribution is 1.04. The molecule has 2 aromatic heterocycles. The van der Waals surface area contributed by atoms with E-state index < -0.39 is 0 Å². The highest BCUT2D eigenvalue weighted by molar-refractivity contribution is 7.18. The van der Waals surface area contributed by atoms with Gasteiger partial charge in [0.2, 0.25) is 5.13 Å². The van der Waals surface area contributed by atoms with Crippen molar-refractivity contribution >= 4 is 22.2 Å². The predicted octanol–water partition coefficient (Wildman–Crippen LogP) is 4.29. The Morgan fingerprint density at radius 3 is 2.23 bits per heavy atom. The molecule has 0 saturated carbocycles. The molecule has 5 heteroatoms. The number of aryl methyl sites for hydroxylation is 3. The van der Waals surface area contributed by atoms with Crippen LogP contribution in [0, 0.1) is 20.8 Å². The second kappa shape index (κ2) is 5.85. The standard InChI is InChI=1S/C17H18N4S/c1-11-9-12(2)15(13(3)10-11)16-19-20-17(22-16)21(4)14-5-7-18-8-6-14/h5-10H,1-4H3. The number of nitrogens with zero attached hydrogens (tertiary/aromatic N) is 4. The fourth-order valence-electron chi connectivity index (χ4n) is 2.65. The van der Waals surface area contributed by atoms with Gasteiger partial charge in [0.05, 0.1) is 0 Å². The van der Waals surface area contributed by atoms with Gasteiger partial charge < -0.3 is 4.90 Å². The summed E-state index contributed by atoms with van der Waals surface area (Å²) in [7, 11) is 1.99. The molecule has 0 aliphatic heterocycles. The Kier molecular flexibility index (Phi) is 3.90. The minimum Gasteiger partial charge on any atom is -0.319 e. The number of rotatable bonds is 3. The summed E-state index contributed by atoms with van der Waals surface area (Å²) in [6.45, 7) is 6.37. The van der Waals surface area contributed by atoms with Crippen molar-refractivity contribution in [1.29, 1.82) is 0 Å². The van der Waals surface area contributed by atoms with Crippen molar-refractivity contribution in [2.75, 3.05) is 11.9 Å². The lowest BCUT2D eigenvalue weighted by Gasteiger charge is -2.14. The van der Waals surface area contributed by atoms with Crippen LogP contribution in [0.25, 0.3) is 10.6 Å². The van der Waals surface area contributed by atoms with E-state index >= 15 is 0 Å². The number of aromatic nitrogens is 3. The second-order valence-electron chi connectivity index (χ2n) is 5.43.